The number of aromatic carboxylic acids is 1. The molecular formula is C20H20N2O3. The van der Waals surface area contributed by atoms with Gasteiger partial charge >= 0.3 is 5.97 Å². The minimum atomic E-state index is -1.02. The van der Waals surface area contributed by atoms with Gasteiger partial charge in [-0.25, -0.2) is 4.79 Å². The van der Waals surface area contributed by atoms with Gasteiger partial charge in [0.05, 0.1) is 5.69 Å². The van der Waals surface area contributed by atoms with E-state index in [1.807, 2.05) is 48.5 Å². The Morgan fingerprint density at radius 2 is 1.92 bits per heavy atom. The Bertz CT molecular complexity index is 870. The fourth-order valence-electron chi connectivity index (χ4n) is 2.60. The highest BCUT2D eigenvalue weighted by molar-refractivity contribution is 5.86. The summed E-state index contributed by atoms with van der Waals surface area (Å²) in [6.07, 6.45) is 0. The monoisotopic (exact) mass is 336 g/mol. The van der Waals surface area contributed by atoms with Crippen molar-refractivity contribution in [1.82, 2.24) is 10.2 Å². The highest BCUT2D eigenvalue weighted by Gasteiger charge is 2.14. The molecule has 0 amide bonds. The fraction of sp³-hybridized carbons (Fsp3) is 0.200. The Kier molecular flexibility index (Phi) is 4.84. The van der Waals surface area contributed by atoms with Gasteiger partial charge in [0, 0.05) is 5.56 Å². The number of rotatable bonds is 6. The summed E-state index contributed by atoms with van der Waals surface area (Å²) in [7, 11) is 0. The normalized spacial score (nSPS) is 10.8. The van der Waals surface area contributed by atoms with E-state index in [0.29, 0.717) is 12.3 Å². The lowest BCUT2D eigenvalue weighted by Crippen LogP contribution is -2.00. The third-order valence-electron chi connectivity index (χ3n) is 3.97. The Balaban J connectivity index is 1.86. The number of benzene rings is 2. The molecule has 1 aromatic heterocycles. The molecule has 3 aromatic rings. The van der Waals surface area contributed by atoms with Crippen molar-refractivity contribution < 1.29 is 14.6 Å². The summed E-state index contributed by atoms with van der Waals surface area (Å²) in [5.41, 5.74) is 3.71. The van der Waals surface area contributed by atoms with E-state index in [9.17, 15) is 4.79 Å². The first kappa shape index (κ1) is 16.8. The molecule has 2 N–H and O–H groups in total. The molecule has 0 saturated carbocycles. The van der Waals surface area contributed by atoms with Gasteiger partial charge in [0.15, 0.2) is 0 Å². The first-order valence-corrected chi connectivity index (χ1v) is 8.14. The minimum Gasteiger partial charge on any atom is -0.489 e. The van der Waals surface area contributed by atoms with Crippen LogP contribution < -0.4 is 4.74 Å². The van der Waals surface area contributed by atoms with Crippen LogP contribution in [0.1, 0.15) is 41.4 Å². The van der Waals surface area contributed by atoms with E-state index >= 15 is 0 Å². The van der Waals surface area contributed by atoms with E-state index in [2.05, 4.69) is 24.0 Å². The molecule has 5 nitrogen and oxygen atoms in total. The number of H-pyrrole nitrogens is 1. The van der Waals surface area contributed by atoms with E-state index in [1.165, 1.54) is 6.07 Å². The molecule has 5 heteroatoms. The van der Waals surface area contributed by atoms with Crippen LogP contribution in [0.5, 0.6) is 5.75 Å². The van der Waals surface area contributed by atoms with Crippen molar-refractivity contribution in [2.45, 2.75) is 26.4 Å². The molecule has 0 fully saturated rings. The van der Waals surface area contributed by atoms with Crippen LogP contribution in [0.25, 0.3) is 11.3 Å². The second-order valence-electron chi connectivity index (χ2n) is 6.15. The standard InChI is InChI=1S/C20H20N2O3/c1-13(2)16-10-15(17-11-18(20(23)24)22-21-17)8-9-19(16)25-12-14-6-4-3-5-7-14/h3-11,13H,12H2,1-2H3,(H,21,22)(H,23,24). The van der Waals surface area contributed by atoms with Crippen LogP contribution in [0, 0.1) is 0 Å². The largest absolute Gasteiger partial charge is 0.489 e. The van der Waals surface area contributed by atoms with Crippen LogP contribution in [0.4, 0.5) is 0 Å². The van der Waals surface area contributed by atoms with Crippen molar-refractivity contribution in [3.8, 4) is 17.0 Å². The molecule has 0 unspecified atom stereocenters. The lowest BCUT2D eigenvalue weighted by molar-refractivity contribution is 0.0690. The number of carboxylic acid groups (broad SMARTS) is 1. The summed E-state index contributed by atoms with van der Waals surface area (Å²) in [5, 5.41) is 15.6. The van der Waals surface area contributed by atoms with Crippen LogP contribution in [0.15, 0.2) is 54.6 Å². The maximum atomic E-state index is 11.0. The molecule has 128 valence electrons. The average Bonchev–Trinajstić information content (AvgIpc) is 3.11. The molecule has 2 aromatic carbocycles. The Hall–Kier alpha value is -3.08. The highest BCUT2D eigenvalue weighted by Crippen LogP contribution is 2.31. The number of aromatic amines is 1. The molecule has 0 aliphatic heterocycles. The van der Waals surface area contributed by atoms with Crippen molar-refractivity contribution in [2.75, 3.05) is 0 Å². The molecule has 0 aliphatic rings. The molecule has 1 heterocycles. The number of nitrogens with zero attached hydrogens (tertiary/aromatic N) is 1. The second kappa shape index (κ2) is 7.21. The van der Waals surface area contributed by atoms with E-state index in [4.69, 9.17) is 9.84 Å². The lowest BCUT2D eigenvalue weighted by Gasteiger charge is -2.15. The van der Waals surface area contributed by atoms with Crippen LogP contribution in [0.2, 0.25) is 0 Å². The summed E-state index contributed by atoms with van der Waals surface area (Å²) in [5.74, 6) is 0.0749. The van der Waals surface area contributed by atoms with Crippen molar-refractivity contribution >= 4 is 5.97 Å². The van der Waals surface area contributed by atoms with Crippen molar-refractivity contribution in [1.29, 1.82) is 0 Å². The number of aromatic nitrogens is 2. The zero-order valence-corrected chi connectivity index (χ0v) is 14.2. The summed E-state index contributed by atoms with van der Waals surface area (Å²) >= 11 is 0. The predicted molar refractivity (Wildman–Crippen MR) is 95.8 cm³/mol. The number of hydrogen-bond donors (Lipinski definition) is 2. The smallest absolute Gasteiger partial charge is 0.353 e. The number of nitrogens with one attached hydrogen (secondary N) is 1. The van der Waals surface area contributed by atoms with Gasteiger partial charge in [-0.3, -0.25) is 5.10 Å². The first-order valence-electron chi connectivity index (χ1n) is 8.14. The second-order valence-corrected chi connectivity index (χ2v) is 6.15. The zero-order valence-electron chi connectivity index (χ0n) is 14.2. The molecule has 0 radical (unpaired) electrons. The molecule has 0 spiro atoms. The topological polar surface area (TPSA) is 75.2 Å². The summed E-state index contributed by atoms with van der Waals surface area (Å²) in [4.78, 5) is 11.0. The number of ether oxygens (including phenoxy) is 1. The molecule has 0 aliphatic carbocycles. The lowest BCUT2D eigenvalue weighted by atomic mass is 9.98. The number of carbonyl (C=O) groups is 1. The van der Waals surface area contributed by atoms with E-state index in [-0.39, 0.29) is 11.6 Å². The van der Waals surface area contributed by atoms with Crippen molar-refractivity contribution in [3.63, 3.8) is 0 Å². The van der Waals surface area contributed by atoms with E-state index in [1.54, 1.807) is 0 Å². The predicted octanol–water partition coefficient (Wildman–Crippen LogP) is 4.48. The van der Waals surface area contributed by atoms with Gasteiger partial charge in [-0.15, -0.1) is 0 Å². The summed E-state index contributed by atoms with van der Waals surface area (Å²) in [6, 6.07) is 17.4. The molecule has 0 saturated heterocycles. The SMILES string of the molecule is CC(C)c1cc(-c2cc(C(=O)O)[nH]n2)ccc1OCc1ccccc1. The highest BCUT2D eigenvalue weighted by atomic mass is 16.5. The van der Waals surface area contributed by atoms with Crippen molar-refractivity contribution in [3.05, 3.63) is 71.4 Å². The molecule has 0 bridgehead atoms. The third-order valence-corrected chi connectivity index (χ3v) is 3.97. The summed E-state index contributed by atoms with van der Waals surface area (Å²) in [6.45, 7) is 4.70. The van der Waals surface area contributed by atoms with Gasteiger partial charge in [0.2, 0.25) is 0 Å². The van der Waals surface area contributed by atoms with Crippen LogP contribution in [-0.2, 0) is 6.61 Å². The minimum absolute atomic E-state index is 0.0745. The van der Waals surface area contributed by atoms with E-state index < -0.39 is 5.97 Å². The Morgan fingerprint density at radius 3 is 2.56 bits per heavy atom. The first-order chi connectivity index (χ1) is 12.0. The maximum Gasteiger partial charge on any atom is 0.353 e. The quantitative estimate of drug-likeness (QED) is 0.696. The van der Waals surface area contributed by atoms with Gasteiger partial charge in [-0.1, -0.05) is 44.2 Å². The average molecular weight is 336 g/mol. The third kappa shape index (κ3) is 3.88. The maximum absolute atomic E-state index is 11.0. The van der Waals surface area contributed by atoms with Gasteiger partial charge in [0.25, 0.3) is 0 Å². The van der Waals surface area contributed by atoms with Gasteiger partial charge in [-0.2, -0.15) is 5.10 Å². The Labute approximate surface area is 146 Å². The van der Waals surface area contributed by atoms with Crippen LogP contribution >= 0.6 is 0 Å². The Morgan fingerprint density at radius 1 is 1.16 bits per heavy atom. The fourth-order valence-corrected chi connectivity index (χ4v) is 2.60. The molecular weight excluding hydrogens is 316 g/mol. The van der Waals surface area contributed by atoms with Crippen molar-refractivity contribution in [2.24, 2.45) is 0 Å². The number of carboxylic acids is 1. The molecule has 0 atom stereocenters. The summed E-state index contributed by atoms with van der Waals surface area (Å²) < 4.78 is 6.00. The van der Waals surface area contributed by atoms with Gasteiger partial charge < -0.3 is 9.84 Å². The van der Waals surface area contributed by atoms with E-state index in [0.717, 1.165) is 22.4 Å². The molecule has 3 rings (SSSR count). The van der Waals surface area contributed by atoms with Crippen LogP contribution in [-0.4, -0.2) is 21.3 Å². The zero-order chi connectivity index (χ0) is 17.8. The van der Waals surface area contributed by atoms with Crippen LogP contribution in [0.3, 0.4) is 0 Å². The number of hydrogen-bond acceptors (Lipinski definition) is 3. The van der Waals surface area contributed by atoms with Gasteiger partial charge in [0.1, 0.15) is 18.1 Å². The molecule has 25 heavy (non-hydrogen) atoms. The van der Waals surface area contributed by atoms with Gasteiger partial charge in [-0.05, 0) is 41.3 Å².